The summed E-state index contributed by atoms with van der Waals surface area (Å²) in [7, 11) is 5.73. The lowest BCUT2D eigenvalue weighted by atomic mass is 10.1. The van der Waals surface area contributed by atoms with Crippen LogP contribution in [-0.2, 0) is 0 Å². The molecule has 2 fully saturated rings. The quantitative estimate of drug-likeness (QED) is 0.536. The first-order valence-electron chi connectivity index (χ1n) is 12.2. The van der Waals surface area contributed by atoms with E-state index in [1.54, 1.807) is 0 Å². The van der Waals surface area contributed by atoms with Crippen LogP contribution in [0.4, 0.5) is 0 Å². The lowest BCUT2D eigenvalue weighted by Gasteiger charge is -2.18. The van der Waals surface area contributed by atoms with E-state index in [2.05, 4.69) is 46.0 Å². The zero-order valence-corrected chi connectivity index (χ0v) is 21.2. The van der Waals surface area contributed by atoms with Gasteiger partial charge in [0.1, 0.15) is 0 Å². The highest BCUT2D eigenvalue weighted by molar-refractivity contribution is 5.88. The average Bonchev–Trinajstić information content (AvgIpc) is 3.54. The van der Waals surface area contributed by atoms with Gasteiger partial charge in [-0.25, -0.2) is 4.79 Å². The fourth-order valence-corrected chi connectivity index (χ4v) is 4.62. The van der Waals surface area contributed by atoms with Gasteiger partial charge in [0.2, 0.25) is 0 Å². The van der Waals surface area contributed by atoms with Crippen molar-refractivity contribution in [3.63, 3.8) is 0 Å². The Labute approximate surface area is 213 Å². The molecule has 0 bridgehead atoms. The number of carboxylic acid groups (broad SMARTS) is 1. The van der Waals surface area contributed by atoms with Crippen LogP contribution in [0.5, 0.6) is 11.5 Å². The molecule has 0 spiro atoms. The first kappa shape index (κ1) is 27.1. The minimum atomic E-state index is -1.05. The monoisotopic (exact) mass is 492 g/mol. The molecule has 8 heteroatoms. The first-order chi connectivity index (χ1) is 17.4. The molecule has 192 valence electrons. The summed E-state index contributed by atoms with van der Waals surface area (Å²) in [5.74, 6) is -0.953. The molecule has 1 aromatic carbocycles. The maximum Gasteiger partial charge on any atom is 0.335 e. The number of aromatic carboxylic acids is 1. The van der Waals surface area contributed by atoms with E-state index in [9.17, 15) is 4.79 Å². The number of hydrogen-bond acceptors (Lipinski definition) is 7. The van der Waals surface area contributed by atoms with Crippen molar-refractivity contribution in [2.75, 3.05) is 34.3 Å². The van der Waals surface area contributed by atoms with Crippen LogP contribution >= 0.6 is 0 Å². The average molecular weight is 493 g/mol. The highest BCUT2D eigenvalue weighted by Crippen LogP contribution is 2.30. The third-order valence-electron chi connectivity index (χ3n) is 6.61. The summed E-state index contributed by atoms with van der Waals surface area (Å²) in [5, 5.41) is 17.7. The Morgan fingerprint density at radius 1 is 0.917 bits per heavy atom. The van der Waals surface area contributed by atoms with Gasteiger partial charge in [0.05, 0.1) is 12.7 Å². The Balaban J connectivity index is 0.000000150. The van der Waals surface area contributed by atoms with Crippen molar-refractivity contribution in [1.82, 2.24) is 19.8 Å². The number of likely N-dealkylation sites (tertiary alicyclic amines) is 2. The summed E-state index contributed by atoms with van der Waals surface area (Å²) in [6, 6.07) is 13.4. The third kappa shape index (κ3) is 7.50. The van der Waals surface area contributed by atoms with Gasteiger partial charge in [0, 0.05) is 36.9 Å². The zero-order chi connectivity index (χ0) is 25.9. The molecule has 5 rings (SSSR count). The van der Waals surface area contributed by atoms with E-state index in [1.807, 2.05) is 36.9 Å². The SMILES string of the molecule is CN1CCCC1c1cccnc1.CN1CCCC1c1cccnc1.COc1cc(C(=O)O)ccc1O. The summed E-state index contributed by atoms with van der Waals surface area (Å²) < 4.78 is 4.72. The van der Waals surface area contributed by atoms with Gasteiger partial charge < -0.3 is 14.9 Å². The summed E-state index contributed by atoms with van der Waals surface area (Å²) >= 11 is 0. The molecule has 2 aromatic heterocycles. The van der Waals surface area contributed by atoms with Crippen molar-refractivity contribution < 1.29 is 19.7 Å². The number of phenolic OH excluding ortho intramolecular Hbond substituents is 1. The molecule has 3 aromatic rings. The van der Waals surface area contributed by atoms with Crippen LogP contribution in [-0.4, -0.2) is 70.2 Å². The van der Waals surface area contributed by atoms with Gasteiger partial charge in [0.25, 0.3) is 0 Å². The molecule has 2 aliphatic rings. The number of pyridine rings is 2. The van der Waals surface area contributed by atoms with Crippen LogP contribution in [0.3, 0.4) is 0 Å². The molecule has 36 heavy (non-hydrogen) atoms. The molecule has 0 aliphatic carbocycles. The standard InChI is InChI=1S/2C10H14N2.C8H8O4/c2*1-12-7-3-5-10(12)9-4-2-6-11-8-9;1-12-7-4-5(8(10)11)2-3-6(7)9/h2*2,4,6,8,10H,3,5,7H2,1H3;2-4,9H,1H3,(H,10,11). The Kier molecular flexibility index (Phi) is 10.2. The lowest BCUT2D eigenvalue weighted by molar-refractivity contribution is 0.0696. The molecule has 0 amide bonds. The maximum absolute atomic E-state index is 10.4. The van der Waals surface area contributed by atoms with Crippen LogP contribution < -0.4 is 4.74 Å². The summed E-state index contributed by atoms with van der Waals surface area (Å²) in [4.78, 5) is 23.5. The second-order valence-corrected chi connectivity index (χ2v) is 9.04. The second kappa shape index (κ2) is 13.6. The molecular weight excluding hydrogens is 456 g/mol. The summed E-state index contributed by atoms with van der Waals surface area (Å²) in [5.41, 5.74) is 2.81. The molecular formula is C28H36N4O4. The van der Waals surface area contributed by atoms with Crippen molar-refractivity contribution in [3.05, 3.63) is 83.9 Å². The number of hydrogen-bond donors (Lipinski definition) is 2. The molecule has 0 saturated carbocycles. The number of carboxylic acids is 1. The fourth-order valence-electron chi connectivity index (χ4n) is 4.62. The first-order valence-corrected chi connectivity index (χ1v) is 12.2. The van der Waals surface area contributed by atoms with Crippen LogP contribution in [0.2, 0.25) is 0 Å². The van der Waals surface area contributed by atoms with Crippen molar-refractivity contribution in [2.24, 2.45) is 0 Å². The van der Waals surface area contributed by atoms with E-state index in [4.69, 9.17) is 14.9 Å². The largest absolute Gasteiger partial charge is 0.504 e. The molecule has 2 saturated heterocycles. The van der Waals surface area contributed by atoms with Crippen LogP contribution in [0.1, 0.15) is 59.3 Å². The number of benzene rings is 1. The number of methoxy groups -OCH3 is 1. The maximum atomic E-state index is 10.4. The van der Waals surface area contributed by atoms with E-state index in [-0.39, 0.29) is 17.1 Å². The van der Waals surface area contributed by atoms with Crippen LogP contribution in [0.15, 0.2) is 67.3 Å². The molecule has 8 nitrogen and oxygen atoms in total. The fraction of sp³-hybridized carbons (Fsp3) is 0.393. The molecule has 2 atom stereocenters. The molecule has 2 aliphatic heterocycles. The second-order valence-electron chi connectivity index (χ2n) is 9.04. The third-order valence-corrected chi connectivity index (χ3v) is 6.61. The van der Waals surface area contributed by atoms with Crippen LogP contribution in [0.25, 0.3) is 0 Å². The minimum Gasteiger partial charge on any atom is -0.504 e. The minimum absolute atomic E-state index is 0.0671. The van der Waals surface area contributed by atoms with Gasteiger partial charge in [-0.3, -0.25) is 19.8 Å². The summed E-state index contributed by atoms with van der Waals surface area (Å²) in [6.45, 7) is 2.44. The van der Waals surface area contributed by atoms with Crippen molar-refractivity contribution in [2.45, 2.75) is 37.8 Å². The molecule has 2 N–H and O–H groups in total. The van der Waals surface area contributed by atoms with Gasteiger partial charge in [-0.15, -0.1) is 0 Å². The molecule has 4 heterocycles. The predicted molar refractivity (Wildman–Crippen MR) is 139 cm³/mol. The van der Waals surface area contributed by atoms with Crippen molar-refractivity contribution in [1.29, 1.82) is 0 Å². The number of aromatic nitrogens is 2. The number of carbonyl (C=O) groups is 1. The van der Waals surface area contributed by atoms with E-state index < -0.39 is 5.97 Å². The van der Waals surface area contributed by atoms with Gasteiger partial charge >= 0.3 is 5.97 Å². The normalized spacial score (nSPS) is 19.5. The highest BCUT2D eigenvalue weighted by Gasteiger charge is 2.22. The van der Waals surface area contributed by atoms with E-state index in [0.717, 1.165) is 0 Å². The Bertz CT molecular complexity index is 1030. The lowest BCUT2D eigenvalue weighted by Crippen LogP contribution is -2.17. The van der Waals surface area contributed by atoms with Crippen molar-refractivity contribution >= 4 is 5.97 Å². The number of nitrogens with zero attached hydrogens (tertiary/aromatic N) is 4. The smallest absolute Gasteiger partial charge is 0.335 e. The van der Waals surface area contributed by atoms with Gasteiger partial charge in [-0.05, 0) is 94.3 Å². The predicted octanol–water partition coefficient (Wildman–Crippen LogP) is 4.80. The highest BCUT2D eigenvalue weighted by atomic mass is 16.5. The van der Waals surface area contributed by atoms with Crippen molar-refractivity contribution in [3.8, 4) is 11.5 Å². The molecule has 0 radical (unpaired) electrons. The van der Waals surface area contributed by atoms with E-state index in [0.29, 0.717) is 12.1 Å². The van der Waals surface area contributed by atoms with E-state index >= 15 is 0 Å². The van der Waals surface area contributed by atoms with Gasteiger partial charge in [-0.1, -0.05) is 12.1 Å². The van der Waals surface area contributed by atoms with Crippen LogP contribution in [0, 0.1) is 0 Å². The summed E-state index contributed by atoms with van der Waals surface area (Å²) in [6.07, 6.45) is 12.8. The number of phenols is 1. The Hall–Kier alpha value is -3.49. The van der Waals surface area contributed by atoms with Gasteiger partial charge in [0.15, 0.2) is 11.5 Å². The molecule has 2 unspecified atom stereocenters. The van der Waals surface area contributed by atoms with Gasteiger partial charge in [-0.2, -0.15) is 0 Å². The van der Waals surface area contributed by atoms with E-state index in [1.165, 1.54) is 75.2 Å². The number of aromatic hydroxyl groups is 1. The topological polar surface area (TPSA) is 99.0 Å². The zero-order valence-electron chi connectivity index (χ0n) is 21.2. The Morgan fingerprint density at radius 3 is 1.81 bits per heavy atom. The Morgan fingerprint density at radius 2 is 1.44 bits per heavy atom. The number of rotatable bonds is 4. The number of ether oxygens (including phenoxy) is 1.